The summed E-state index contributed by atoms with van der Waals surface area (Å²) in [5.74, 6) is 0.00317. The smallest absolute Gasteiger partial charge is 0.378 e. The molecule has 6 rings (SSSR count). The number of nitrogens with zero attached hydrogens (tertiary/aromatic N) is 3. The average Bonchev–Trinajstić information content (AvgIpc) is 3.54. The summed E-state index contributed by atoms with van der Waals surface area (Å²) in [6.45, 7) is 1.74. The van der Waals surface area contributed by atoms with Gasteiger partial charge in [-0.15, -0.1) is 0 Å². The van der Waals surface area contributed by atoms with Crippen LogP contribution in [0.3, 0.4) is 0 Å². The number of rotatable bonds is 4. The molecule has 11 heteroatoms. The first-order valence-corrected chi connectivity index (χ1v) is 11.6. The van der Waals surface area contributed by atoms with Crippen LogP contribution in [0.4, 0.5) is 24.5 Å². The number of aromatic amines is 2. The van der Waals surface area contributed by atoms with Crippen LogP contribution in [0.5, 0.6) is 0 Å². The Kier molecular flexibility index (Phi) is 5.56. The van der Waals surface area contributed by atoms with Crippen molar-refractivity contribution in [2.24, 2.45) is 0 Å². The van der Waals surface area contributed by atoms with Crippen molar-refractivity contribution in [3.63, 3.8) is 0 Å². The van der Waals surface area contributed by atoms with E-state index in [1.807, 2.05) is 18.2 Å². The second-order valence-corrected chi connectivity index (χ2v) is 8.81. The fourth-order valence-corrected chi connectivity index (χ4v) is 4.42. The fourth-order valence-electron chi connectivity index (χ4n) is 4.42. The van der Waals surface area contributed by atoms with Gasteiger partial charge in [0.25, 0.3) is 5.91 Å². The number of alkyl halides is 3. The Morgan fingerprint density at radius 3 is 2.65 bits per heavy atom. The van der Waals surface area contributed by atoms with Gasteiger partial charge in [-0.05, 0) is 42.5 Å². The van der Waals surface area contributed by atoms with Gasteiger partial charge in [-0.25, -0.2) is 4.98 Å². The van der Waals surface area contributed by atoms with Crippen molar-refractivity contribution in [2.75, 3.05) is 36.5 Å². The van der Waals surface area contributed by atoms with Crippen LogP contribution in [-0.2, 0) is 10.9 Å². The lowest BCUT2D eigenvalue weighted by atomic mass is 10.1. The van der Waals surface area contributed by atoms with Crippen LogP contribution in [0.2, 0.25) is 0 Å². The molecular formula is C26H21F3N6O2. The largest absolute Gasteiger partial charge is 0.416 e. The number of fused-ring (bicyclic) bond motifs is 2. The van der Waals surface area contributed by atoms with Gasteiger partial charge in [-0.3, -0.25) is 9.89 Å². The number of H-pyrrole nitrogens is 2. The minimum Gasteiger partial charge on any atom is -0.378 e. The van der Waals surface area contributed by atoms with Gasteiger partial charge in [-0.2, -0.15) is 18.3 Å². The van der Waals surface area contributed by atoms with Gasteiger partial charge < -0.3 is 19.9 Å². The minimum absolute atomic E-state index is 0.0769. The number of carbonyl (C=O) groups excluding carboxylic acids is 1. The molecule has 37 heavy (non-hydrogen) atoms. The first-order chi connectivity index (χ1) is 17.8. The summed E-state index contributed by atoms with van der Waals surface area (Å²) in [4.78, 5) is 22.7. The summed E-state index contributed by atoms with van der Waals surface area (Å²) in [5, 5.41) is 10.7. The summed E-state index contributed by atoms with van der Waals surface area (Å²) in [6.07, 6.45) is -2.85. The Balaban J connectivity index is 1.28. The maximum absolute atomic E-state index is 13.6. The molecule has 3 N–H and O–H groups in total. The number of halogens is 3. The molecule has 1 fully saturated rings. The van der Waals surface area contributed by atoms with Crippen LogP contribution in [0, 0.1) is 0 Å². The highest BCUT2D eigenvalue weighted by molar-refractivity contribution is 6.05. The van der Waals surface area contributed by atoms with Gasteiger partial charge in [0.1, 0.15) is 5.82 Å². The number of benzene rings is 3. The molecule has 1 aliphatic heterocycles. The van der Waals surface area contributed by atoms with E-state index in [-0.39, 0.29) is 5.56 Å². The van der Waals surface area contributed by atoms with E-state index in [9.17, 15) is 18.0 Å². The fraction of sp³-hybridized carbons (Fsp3) is 0.192. The van der Waals surface area contributed by atoms with Gasteiger partial charge in [0.2, 0.25) is 0 Å². The predicted molar refractivity (Wildman–Crippen MR) is 134 cm³/mol. The molecule has 3 heterocycles. The monoisotopic (exact) mass is 506 g/mol. The second kappa shape index (κ2) is 8.93. The van der Waals surface area contributed by atoms with Crippen molar-refractivity contribution in [3.05, 3.63) is 71.9 Å². The van der Waals surface area contributed by atoms with E-state index in [0.29, 0.717) is 49.0 Å². The van der Waals surface area contributed by atoms with Gasteiger partial charge >= 0.3 is 6.18 Å². The van der Waals surface area contributed by atoms with E-state index in [1.165, 1.54) is 6.07 Å². The molecule has 3 aromatic carbocycles. The maximum atomic E-state index is 13.6. The van der Waals surface area contributed by atoms with Crippen LogP contribution < -0.4 is 10.2 Å². The van der Waals surface area contributed by atoms with Crippen LogP contribution in [0.25, 0.3) is 33.3 Å². The normalized spacial score (nSPS) is 14.4. The number of hydrogen-bond acceptors (Lipinski definition) is 5. The SMILES string of the molecule is O=C(Nc1ccc2[nH]c(-c3ccc4cn[nH]c4c3)nc2c1)c1cc(N2CCOCC2)cc(C(F)(F)F)c1. The molecule has 0 bridgehead atoms. The Morgan fingerprint density at radius 1 is 1.00 bits per heavy atom. The van der Waals surface area contributed by atoms with Gasteiger partial charge in [0, 0.05) is 41.0 Å². The van der Waals surface area contributed by atoms with E-state index in [1.54, 1.807) is 29.3 Å². The topological polar surface area (TPSA) is 98.9 Å². The van der Waals surface area contributed by atoms with Crippen molar-refractivity contribution < 1.29 is 22.7 Å². The Labute approximate surface area is 208 Å². The van der Waals surface area contributed by atoms with Crippen molar-refractivity contribution >= 4 is 39.2 Å². The molecule has 1 saturated heterocycles. The molecule has 0 aliphatic carbocycles. The highest BCUT2D eigenvalue weighted by Gasteiger charge is 2.32. The van der Waals surface area contributed by atoms with Crippen LogP contribution in [0.15, 0.2) is 60.8 Å². The number of amides is 1. The summed E-state index contributed by atoms with van der Waals surface area (Å²) >= 11 is 0. The number of ether oxygens (including phenoxy) is 1. The third kappa shape index (κ3) is 4.60. The first-order valence-electron chi connectivity index (χ1n) is 11.6. The van der Waals surface area contributed by atoms with Crippen molar-refractivity contribution in [1.82, 2.24) is 20.2 Å². The van der Waals surface area contributed by atoms with Gasteiger partial charge in [0.05, 0.1) is 41.5 Å². The Morgan fingerprint density at radius 2 is 1.84 bits per heavy atom. The number of imidazole rings is 1. The van der Waals surface area contributed by atoms with Gasteiger partial charge in [0.15, 0.2) is 0 Å². The molecule has 1 amide bonds. The molecule has 5 aromatic rings. The van der Waals surface area contributed by atoms with Crippen LogP contribution in [-0.4, -0.2) is 52.4 Å². The lowest BCUT2D eigenvalue weighted by Crippen LogP contribution is -2.36. The lowest BCUT2D eigenvalue weighted by Gasteiger charge is -2.29. The first kappa shape index (κ1) is 23.0. The maximum Gasteiger partial charge on any atom is 0.416 e. The van der Waals surface area contributed by atoms with Crippen molar-refractivity contribution in [2.45, 2.75) is 6.18 Å². The molecule has 1 aliphatic rings. The molecule has 0 atom stereocenters. The molecule has 0 unspecified atom stereocenters. The number of carbonyl (C=O) groups is 1. The number of nitrogens with one attached hydrogen (secondary N) is 3. The molecule has 8 nitrogen and oxygen atoms in total. The standard InChI is InChI=1S/C26H21F3N6O2/c27-26(28,29)18-9-17(10-20(12-18)35-5-7-37-8-6-35)25(36)31-19-3-4-21-23(13-19)33-24(32-21)15-1-2-16-14-30-34-22(16)11-15/h1-4,9-14H,5-8H2,(H,30,34)(H,31,36)(H,32,33). The number of anilines is 2. The summed E-state index contributed by atoms with van der Waals surface area (Å²) in [7, 11) is 0. The van der Waals surface area contributed by atoms with Crippen LogP contribution >= 0.6 is 0 Å². The number of aromatic nitrogens is 4. The molecule has 0 saturated carbocycles. The Hall–Kier alpha value is -4.38. The Bertz CT molecular complexity index is 1620. The number of hydrogen-bond donors (Lipinski definition) is 3. The zero-order valence-electron chi connectivity index (χ0n) is 19.4. The highest BCUT2D eigenvalue weighted by Crippen LogP contribution is 2.34. The predicted octanol–water partition coefficient (Wildman–Crippen LogP) is 5.21. The second-order valence-electron chi connectivity index (χ2n) is 8.81. The zero-order valence-corrected chi connectivity index (χ0v) is 19.4. The quantitative estimate of drug-likeness (QED) is 0.311. The molecule has 2 aromatic heterocycles. The summed E-state index contributed by atoms with van der Waals surface area (Å²) in [5.41, 5.74) is 2.91. The molecule has 0 spiro atoms. The summed E-state index contributed by atoms with van der Waals surface area (Å²) in [6, 6.07) is 14.3. The van der Waals surface area contributed by atoms with Crippen molar-refractivity contribution in [3.8, 4) is 11.4 Å². The highest BCUT2D eigenvalue weighted by atomic mass is 19.4. The molecule has 188 valence electrons. The minimum atomic E-state index is -4.58. The number of morpholine rings is 1. The van der Waals surface area contributed by atoms with E-state index in [4.69, 9.17) is 4.74 Å². The third-order valence-corrected chi connectivity index (χ3v) is 6.34. The molecular weight excluding hydrogens is 485 g/mol. The van der Waals surface area contributed by atoms with E-state index >= 15 is 0 Å². The summed E-state index contributed by atoms with van der Waals surface area (Å²) < 4.78 is 46.1. The lowest BCUT2D eigenvalue weighted by molar-refractivity contribution is -0.137. The molecule has 0 radical (unpaired) electrons. The van der Waals surface area contributed by atoms with Gasteiger partial charge in [-0.1, -0.05) is 12.1 Å². The zero-order chi connectivity index (χ0) is 25.6. The van der Waals surface area contributed by atoms with Crippen LogP contribution in [0.1, 0.15) is 15.9 Å². The van der Waals surface area contributed by atoms with Crippen molar-refractivity contribution in [1.29, 1.82) is 0 Å². The third-order valence-electron chi connectivity index (χ3n) is 6.34. The van der Waals surface area contributed by atoms with E-state index < -0.39 is 17.6 Å². The average molecular weight is 506 g/mol. The van der Waals surface area contributed by atoms with E-state index in [0.717, 1.165) is 34.1 Å². The van der Waals surface area contributed by atoms with E-state index in [2.05, 4.69) is 25.5 Å².